The van der Waals surface area contributed by atoms with E-state index in [1.165, 1.54) is 13.1 Å². The molecule has 0 radical (unpaired) electrons. The Kier molecular flexibility index (Phi) is 2.37. The molecule has 6 atom stereocenters. The Morgan fingerprint density at radius 2 is 2.05 bits per heavy atom. The van der Waals surface area contributed by atoms with E-state index in [0.717, 1.165) is 4.57 Å². The van der Waals surface area contributed by atoms with Crippen molar-refractivity contribution in [3.05, 3.63) is 32.6 Å². The predicted octanol–water partition coefficient (Wildman–Crippen LogP) is 1.61. The van der Waals surface area contributed by atoms with Crippen molar-refractivity contribution in [2.75, 3.05) is 0 Å². The zero-order valence-corrected chi connectivity index (χ0v) is 12.7. The number of H-pyrrole nitrogens is 1. The molecular formula is C15H18F2N2O3. The van der Waals surface area contributed by atoms with Crippen LogP contribution < -0.4 is 11.2 Å². The first kappa shape index (κ1) is 14.1. The second-order valence-electron chi connectivity index (χ2n) is 7.53. The van der Waals surface area contributed by atoms with E-state index in [1.807, 2.05) is 0 Å². The first-order chi connectivity index (χ1) is 10.1. The normalized spacial score (nSPS) is 49.0. The number of aromatic nitrogens is 2. The van der Waals surface area contributed by atoms with Crippen LogP contribution in [-0.2, 0) is 4.74 Å². The molecule has 4 rings (SSSR count). The summed E-state index contributed by atoms with van der Waals surface area (Å²) < 4.78 is 36.5. The molecule has 0 aromatic carbocycles. The molecule has 2 saturated carbocycles. The third-order valence-electron chi connectivity index (χ3n) is 5.96. The second-order valence-corrected chi connectivity index (χ2v) is 7.53. The van der Waals surface area contributed by atoms with E-state index in [-0.39, 0.29) is 6.42 Å². The van der Waals surface area contributed by atoms with Crippen molar-refractivity contribution >= 4 is 0 Å². The number of fused-ring (bicyclic) bond motifs is 3. The summed E-state index contributed by atoms with van der Waals surface area (Å²) in [5.74, 6) is 0. The minimum Gasteiger partial charge on any atom is -0.350 e. The van der Waals surface area contributed by atoms with Crippen LogP contribution in [0.15, 0.2) is 15.8 Å². The standard InChI is InChI=1S/C15H18F2N2O3/c1-7-4-19(12(21)18-9(7)20)10-8(16)13(2)5-15(17)6-14(15,3)11(13)22-10/h4,8,10-11H,5-6H2,1-3H3,(H,18,20,21)/t8-,10?,11-,13+,14+,15-/m0/s1. The molecule has 5 nitrogen and oxygen atoms in total. The number of hydrogen-bond acceptors (Lipinski definition) is 3. The average Bonchev–Trinajstić information content (AvgIpc) is 2.76. The molecule has 0 amide bonds. The highest BCUT2D eigenvalue weighted by Crippen LogP contribution is 2.78. The summed E-state index contributed by atoms with van der Waals surface area (Å²) in [6.07, 6.45) is -1.41. The Bertz CT molecular complexity index is 790. The lowest BCUT2D eigenvalue weighted by Crippen LogP contribution is -2.38. The highest BCUT2D eigenvalue weighted by molar-refractivity contribution is 5.31. The first-order valence-corrected chi connectivity index (χ1v) is 7.43. The van der Waals surface area contributed by atoms with Gasteiger partial charge in [-0.2, -0.15) is 0 Å². The fraction of sp³-hybridized carbons (Fsp3) is 0.733. The van der Waals surface area contributed by atoms with Crippen LogP contribution in [0.1, 0.15) is 38.5 Å². The molecule has 1 aromatic rings. The smallest absolute Gasteiger partial charge is 0.330 e. The Hall–Kier alpha value is -1.50. The number of nitrogens with one attached hydrogen (secondary N) is 1. The molecule has 1 aliphatic heterocycles. The Labute approximate surface area is 125 Å². The Balaban J connectivity index is 1.77. The van der Waals surface area contributed by atoms with Gasteiger partial charge in [0.15, 0.2) is 12.4 Å². The van der Waals surface area contributed by atoms with Gasteiger partial charge in [0.2, 0.25) is 0 Å². The minimum atomic E-state index is -1.50. The lowest BCUT2D eigenvalue weighted by atomic mass is 9.78. The van der Waals surface area contributed by atoms with Crippen LogP contribution in [-0.4, -0.2) is 27.5 Å². The zero-order chi connectivity index (χ0) is 16.1. The molecule has 3 aliphatic rings. The van der Waals surface area contributed by atoms with Gasteiger partial charge in [-0.3, -0.25) is 14.3 Å². The predicted molar refractivity (Wildman–Crippen MR) is 74.2 cm³/mol. The largest absolute Gasteiger partial charge is 0.350 e. The van der Waals surface area contributed by atoms with Gasteiger partial charge in [0.25, 0.3) is 5.56 Å². The van der Waals surface area contributed by atoms with Crippen molar-refractivity contribution in [3.8, 4) is 0 Å². The van der Waals surface area contributed by atoms with E-state index in [2.05, 4.69) is 4.98 Å². The second kappa shape index (κ2) is 3.69. The molecule has 1 aromatic heterocycles. The van der Waals surface area contributed by atoms with Crippen LogP contribution in [0, 0.1) is 17.8 Å². The van der Waals surface area contributed by atoms with Gasteiger partial charge in [0.1, 0.15) is 5.67 Å². The zero-order valence-electron chi connectivity index (χ0n) is 12.7. The molecule has 0 spiro atoms. The van der Waals surface area contributed by atoms with E-state index >= 15 is 4.39 Å². The number of ether oxygens (including phenoxy) is 1. The number of hydrogen-bond donors (Lipinski definition) is 1. The van der Waals surface area contributed by atoms with Crippen molar-refractivity contribution < 1.29 is 13.5 Å². The van der Waals surface area contributed by atoms with Crippen molar-refractivity contribution in [1.82, 2.24) is 9.55 Å². The molecule has 1 saturated heterocycles. The lowest BCUT2D eigenvalue weighted by Gasteiger charge is -2.28. The molecule has 0 bridgehead atoms. The molecule has 1 unspecified atom stereocenters. The van der Waals surface area contributed by atoms with E-state index in [1.54, 1.807) is 13.8 Å². The van der Waals surface area contributed by atoms with Crippen LogP contribution in [0.2, 0.25) is 0 Å². The maximum atomic E-state index is 15.0. The van der Waals surface area contributed by atoms with E-state index < -0.39 is 46.3 Å². The van der Waals surface area contributed by atoms with Crippen LogP contribution in [0.4, 0.5) is 8.78 Å². The van der Waals surface area contributed by atoms with Crippen LogP contribution in [0.25, 0.3) is 0 Å². The average molecular weight is 312 g/mol. The fourth-order valence-corrected chi connectivity index (χ4v) is 4.62. The van der Waals surface area contributed by atoms with Gasteiger partial charge in [0.05, 0.1) is 6.10 Å². The molecule has 2 aliphatic carbocycles. The first-order valence-electron chi connectivity index (χ1n) is 7.43. The highest BCUT2D eigenvalue weighted by Gasteiger charge is 2.83. The third-order valence-corrected chi connectivity index (χ3v) is 5.96. The molecule has 3 fully saturated rings. The number of aryl methyl sites for hydroxylation is 1. The van der Waals surface area contributed by atoms with Gasteiger partial charge in [-0.05, 0) is 19.8 Å². The maximum Gasteiger partial charge on any atom is 0.330 e. The van der Waals surface area contributed by atoms with Crippen molar-refractivity contribution in [2.45, 2.75) is 57.8 Å². The Morgan fingerprint density at radius 3 is 2.68 bits per heavy atom. The topological polar surface area (TPSA) is 64.1 Å². The van der Waals surface area contributed by atoms with Gasteiger partial charge in [0, 0.05) is 22.6 Å². The van der Waals surface area contributed by atoms with Gasteiger partial charge in [-0.1, -0.05) is 13.8 Å². The maximum absolute atomic E-state index is 15.0. The van der Waals surface area contributed by atoms with Crippen molar-refractivity contribution in [3.63, 3.8) is 0 Å². The summed E-state index contributed by atoms with van der Waals surface area (Å²) in [6, 6.07) is 0. The highest BCUT2D eigenvalue weighted by atomic mass is 19.1. The van der Waals surface area contributed by atoms with E-state index in [0.29, 0.717) is 12.0 Å². The van der Waals surface area contributed by atoms with Crippen molar-refractivity contribution in [2.24, 2.45) is 10.8 Å². The quantitative estimate of drug-likeness (QED) is 0.857. The van der Waals surface area contributed by atoms with E-state index in [4.69, 9.17) is 4.74 Å². The number of rotatable bonds is 1. The number of halogens is 2. The van der Waals surface area contributed by atoms with Gasteiger partial charge >= 0.3 is 5.69 Å². The van der Waals surface area contributed by atoms with Crippen LogP contribution >= 0.6 is 0 Å². The van der Waals surface area contributed by atoms with Gasteiger partial charge in [-0.15, -0.1) is 0 Å². The monoisotopic (exact) mass is 312 g/mol. The number of alkyl halides is 2. The minimum absolute atomic E-state index is 0.107. The number of nitrogens with zero attached hydrogens (tertiary/aromatic N) is 1. The molecule has 7 heteroatoms. The van der Waals surface area contributed by atoms with Gasteiger partial charge in [-0.25, -0.2) is 13.6 Å². The summed E-state index contributed by atoms with van der Waals surface area (Å²) in [5.41, 5.74) is -3.89. The molecule has 2 heterocycles. The molecular weight excluding hydrogens is 294 g/mol. The Morgan fingerprint density at radius 1 is 1.36 bits per heavy atom. The van der Waals surface area contributed by atoms with E-state index in [9.17, 15) is 14.0 Å². The molecule has 1 N–H and O–H groups in total. The summed E-state index contributed by atoms with van der Waals surface area (Å²) >= 11 is 0. The summed E-state index contributed by atoms with van der Waals surface area (Å²) in [7, 11) is 0. The summed E-state index contributed by atoms with van der Waals surface area (Å²) in [5, 5.41) is 0. The van der Waals surface area contributed by atoms with Crippen LogP contribution in [0.3, 0.4) is 0 Å². The SMILES string of the molecule is Cc1cn(C2O[C@H]3[C@](C)(C[C@]4(F)C[C@]34C)[C@H]2F)c(=O)[nH]c1=O. The van der Waals surface area contributed by atoms with Gasteiger partial charge < -0.3 is 4.74 Å². The third kappa shape index (κ3) is 1.41. The number of aromatic amines is 1. The molecule has 120 valence electrons. The lowest BCUT2D eigenvalue weighted by molar-refractivity contribution is -0.0531. The fourth-order valence-electron chi connectivity index (χ4n) is 4.62. The van der Waals surface area contributed by atoms with Crippen LogP contribution in [0.5, 0.6) is 0 Å². The summed E-state index contributed by atoms with van der Waals surface area (Å²) in [6.45, 7) is 5.00. The van der Waals surface area contributed by atoms with Crippen molar-refractivity contribution in [1.29, 1.82) is 0 Å². The molecule has 22 heavy (non-hydrogen) atoms. The summed E-state index contributed by atoms with van der Waals surface area (Å²) in [4.78, 5) is 25.6.